The molecule has 2 aromatic heterocycles. The van der Waals surface area contributed by atoms with Crippen molar-refractivity contribution >= 4 is 5.91 Å². The lowest BCUT2D eigenvalue weighted by atomic mass is 10.1. The molecule has 0 spiro atoms. The number of carbonyl (C=O) groups excluding carboxylic acids is 1. The Morgan fingerprint density at radius 1 is 1.22 bits per heavy atom. The summed E-state index contributed by atoms with van der Waals surface area (Å²) >= 11 is 0. The summed E-state index contributed by atoms with van der Waals surface area (Å²) < 4.78 is 10.2. The van der Waals surface area contributed by atoms with Crippen molar-refractivity contribution in [3.8, 4) is 0 Å². The molecule has 1 amide bonds. The first-order chi connectivity index (χ1) is 11.0. The number of piperazine rings is 1. The standard InChI is InChI=1S/C15H21N5O3/c1-10(2)13-8-12(17-23-13)15(21)20-6-4-19(5-7-20)9-14-16-11(3)22-18-14/h8,10H,4-7,9H2,1-3H3. The maximum atomic E-state index is 12.4. The van der Waals surface area contributed by atoms with Crippen molar-refractivity contribution in [2.45, 2.75) is 33.2 Å². The Balaban J connectivity index is 1.54. The molecule has 0 bridgehead atoms. The van der Waals surface area contributed by atoms with Crippen molar-refractivity contribution in [2.75, 3.05) is 26.2 Å². The van der Waals surface area contributed by atoms with Crippen LogP contribution in [0.3, 0.4) is 0 Å². The van der Waals surface area contributed by atoms with Gasteiger partial charge in [-0.15, -0.1) is 0 Å². The molecule has 0 saturated carbocycles. The second-order valence-electron chi connectivity index (χ2n) is 6.07. The van der Waals surface area contributed by atoms with E-state index in [4.69, 9.17) is 9.05 Å². The molecule has 3 heterocycles. The highest BCUT2D eigenvalue weighted by molar-refractivity contribution is 5.92. The molecule has 23 heavy (non-hydrogen) atoms. The lowest BCUT2D eigenvalue weighted by Crippen LogP contribution is -2.48. The van der Waals surface area contributed by atoms with Gasteiger partial charge in [0.15, 0.2) is 11.5 Å². The number of aromatic nitrogens is 3. The predicted molar refractivity (Wildman–Crippen MR) is 80.8 cm³/mol. The van der Waals surface area contributed by atoms with Crippen LogP contribution in [0.4, 0.5) is 0 Å². The van der Waals surface area contributed by atoms with Gasteiger partial charge in [0.05, 0.1) is 6.54 Å². The number of carbonyl (C=O) groups is 1. The third kappa shape index (κ3) is 3.58. The highest BCUT2D eigenvalue weighted by Gasteiger charge is 2.25. The van der Waals surface area contributed by atoms with Gasteiger partial charge in [-0.05, 0) is 0 Å². The first-order valence-electron chi connectivity index (χ1n) is 7.80. The Labute approximate surface area is 134 Å². The number of hydrogen-bond acceptors (Lipinski definition) is 7. The molecule has 0 N–H and O–H groups in total. The molecule has 0 unspecified atom stereocenters. The highest BCUT2D eigenvalue weighted by Crippen LogP contribution is 2.17. The van der Waals surface area contributed by atoms with Crippen LogP contribution in [0.5, 0.6) is 0 Å². The Kier molecular flexibility index (Phi) is 4.42. The van der Waals surface area contributed by atoms with Gasteiger partial charge in [0.25, 0.3) is 5.91 Å². The molecule has 1 fully saturated rings. The number of rotatable bonds is 4. The number of aryl methyl sites for hydroxylation is 1. The van der Waals surface area contributed by atoms with E-state index in [0.29, 0.717) is 37.0 Å². The van der Waals surface area contributed by atoms with Crippen LogP contribution in [0.2, 0.25) is 0 Å². The van der Waals surface area contributed by atoms with Gasteiger partial charge in [-0.1, -0.05) is 24.2 Å². The van der Waals surface area contributed by atoms with Gasteiger partial charge in [-0.25, -0.2) is 0 Å². The largest absolute Gasteiger partial charge is 0.360 e. The van der Waals surface area contributed by atoms with Crippen molar-refractivity contribution in [3.63, 3.8) is 0 Å². The molecular weight excluding hydrogens is 298 g/mol. The Bertz CT molecular complexity index is 670. The number of nitrogens with zero attached hydrogens (tertiary/aromatic N) is 5. The van der Waals surface area contributed by atoms with Gasteiger partial charge in [0.2, 0.25) is 5.89 Å². The Hall–Kier alpha value is -2.22. The maximum Gasteiger partial charge on any atom is 0.276 e. The summed E-state index contributed by atoms with van der Waals surface area (Å²) in [6.07, 6.45) is 0. The van der Waals surface area contributed by atoms with Crippen LogP contribution < -0.4 is 0 Å². The summed E-state index contributed by atoms with van der Waals surface area (Å²) in [5, 5.41) is 7.79. The van der Waals surface area contributed by atoms with Crippen molar-refractivity contribution in [2.24, 2.45) is 0 Å². The molecule has 3 rings (SSSR count). The Morgan fingerprint density at radius 3 is 2.52 bits per heavy atom. The van der Waals surface area contributed by atoms with Crippen molar-refractivity contribution in [1.29, 1.82) is 0 Å². The fourth-order valence-corrected chi connectivity index (χ4v) is 2.54. The van der Waals surface area contributed by atoms with Crippen LogP contribution in [0.1, 0.15) is 47.7 Å². The monoisotopic (exact) mass is 319 g/mol. The summed E-state index contributed by atoms with van der Waals surface area (Å²) in [6.45, 7) is 9.28. The number of amides is 1. The van der Waals surface area contributed by atoms with Crippen LogP contribution in [-0.4, -0.2) is 57.2 Å². The molecule has 1 aliphatic rings. The Morgan fingerprint density at radius 2 is 1.96 bits per heavy atom. The van der Waals surface area contributed by atoms with Crippen LogP contribution in [0.25, 0.3) is 0 Å². The maximum absolute atomic E-state index is 12.4. The van der Waals surface area contributed by atoms with E-state index in [0.717, 1.165) is 18.8 Å². The topological polar surface area (TPSA) is 88.5 Å². The van der Waals surface area contributed by atoms with Gasteiger partial charge >= 0.3 is 0 Å². The molecule has 0 atom stereocenters. The normalized spacial score (nSPS) is 16.3. The average molecular weight is 319 g/mol. The van der Waals surface area contributed by atoms with Crippen LogP contribution in [-0.2, 0) is 6.54 Å². The van der Waals surface area contributed by atoms with Gasteiger partial charge in [-0.3, -0.25) is 9.69 Å². The third-order valence-electron chi connectivity index (χ3n) is 3.91. The smallest absolute Gasteiger partial charge is 0.276 e. The lowest BCUT2D eigenvalue weighted by Gasteiger charge is -2.33. The summed E-state index contributed by atoms with van der Waals surface area (Å²) in [5.41, 5.74) is 0.385. The van der Waals surface area contributed by atoms with E-state index in [1.807, 2.05) is 13.8 Å². The van der Waals surface area contributed by atoms with E-state index in [2.05, 4.69) is 20.2 Å². The fraction of sp³-hybridized carbons (Fsp3) is 0.600. The molecular formula is C15H21N5O3. The lowest BCUT2D eigenvalue weighted by molar-refractivity contribution is 0.0614. The first kappa shape index (κ1) is 15.7. The van der Waals surface area contributed by atoms with E-state index in [9.17, 15) is 4.79 Å². The predicted octanol–water partition coefficient (Wildman–Crippen LogP) is 1.45. The molecule has 0 aliphatic carbocycles. The average Bonchev–Trinajstić information content (AvgIpc) is 3.17. The number of hydrogen-bond donors (Lipinski definition) is 0. The minimum absolute atomic E-state index is 0.0734. The zero-order valence-corrected chi connectivity index (χ0v) is 13.7. The van der Waals surface area contributed by atoms with E-state index in [1.54, 1.807) is 17.9 Å². The molecule has 0 aromatic carbocycles. The zero-order chi connectivity index (χ0) is 16.4. The van der Waals surface area contributed by atoms with Gasteiger partial charge in [0.1, 0.15) is 5.76 Å². The zero-order valence-electron chi connectivity index (χ0n) is 13.7. The van der Waals surface area contributed by atoms with E-state index in [-0.39, 0.29) is 11.8 Å². The van der Waals surface area contributed by atoms with E-state index < -0.39 is 0 Å². The molecule has 0 radical (unpaired) electrons. The summed E-state index contributed by atoms with van der Waals surface area (Å²) in [4.78, 5) is 20.7. The molecule has 1 aliphatic heterocycles. The minimum atomic E-state index is -0.0734. The summed E-state index contributed by atoms with van der Waals surface area (Å²) in [6, 6.07) is 1.74. The second kappa shape index (κ2) is 6.49. The highest BCUT2D eigenvalue weighted by atomic mass is 16.5. The van der Waals surface area contributed by atoms with E-state index >= 15 is 0 Å². The fourth-order valence-electron chi connectivity index (χ4n) is 2.54. The second-order valence-corrected chi connectivity index (χ2v) is 6.07. The SMILES string of the molecule is Cc1nc(CN2CCN(C(=O)c3cc(C(C)C)on3)CC2)no1. The van der Waals surface area contributed by atoms with Crippen LogP contribution in [0, 0.1) is 6.92 Å². The van der Waals surface area contributed by atoms with E-state index in [1.165, 1.54) is 0 Å². The molecule has 8 nitrogen and oxygen atoms in total. The van der Waals surface area contributed by atoms with Gasteiger partial charge < -0.3 is 13.9 Å². The molecule has 124 valence electrons. The van der Waals surface area contributed by atoms with Crippen molar-refractivity contribution in [3.05, 3.63) is 29.2 Å². The molecule has 1 saturated heterocycles. The van der Waals surface area contributed by atoms with Crippen molar-refractivity contribution in [1.82, 2.24) is 25.1 Å². The van der Waals surface area contributed by atoms with Gasteiger partial charge in [-0.2, -0.15) is 4.98 Å². The van der Waals surface area contributed by atoms with Crippen LogP contribution in [0.15, 0.2) is 15.1 Å². The minimum Gasteiger partial charge on any atom is -0.360 e. The van der Waals surface area contributed by atoms with Crippen LogP contribution >= 0.6 is 0 Å². The molecule has 8 heteroatoms. The van der Waals surface area contributed by atoms with Crippen molar-refractivity contribution < 1.29 is 13.8 Å². The van der Waals surface area contributed by atoms with Gasteiger partial charge in [0, 0.05) is 45.1 Å². The quantitative estimate of drug-likeness (QED) is 0.842. The summed E-state index contributed by atoms with van der Waals surface area (Å²) in [7, 11) is 0. The molecule has 2 aromatic rings. The summed E-state index contributed by atoms with van der Waals surface area (Å²) in [5.74, 6) is 2.13. The third-order valence-corrected chi connectivity index (χ3v) is 3.91. The first-order valence-corrected chi connectivity index (χ1v) is 7.80.